The second kappa shape index (κ2) is 10.8. The van der Waals surface area contributed by atoms with Crippen LogP contribution in [0.5, 0.6) is 0 Å². The molecule has 1 heterocycles. The molecule has 4 N–H and O–H groups in total. The normalized spacial score (nSPS) is 12.9. The lowest BCUT2D eigenvalue weighted by molar-refractivity contribution is 0.191. The third-order valence-corrected chi connectivity index (χ3v) is 4.76. The fourth-order valence-corrected chi connectivity index (χ4v) is 3.31. The molecular formula is C17H26IN3OS. The highest BCUT2D eigenvalue weighted by Crippen LogP contribution is 2.29. The number of rotatable bonds is 8. The Labute approximate surface area is 159 Å². The van der Waals surface area contributed by atoms with Gasteiger partial charge in [-0.05, 0) is 23.9 Å². The third kappa shape index (κ3) is 6.64. The predicted octanol–water partition coefficient (Wildman–Crippen LogP) is 4.04. The van der Waals surface area contributed by atoms with Gasteiger partial charge in [0.15, 0.2) is 5.96 Å². The van der Waals surface area contributed by atoms with E-state index in [1.54, 1.807) is 11.3 Å². The summed E-state index contributed by atoms with van der Waals surface area (Å²) < 4.78 is 1.18. The van der Waals surface area contributed by atoms with Crippen molar-refractivity contribution < 1.29 is 5.11 Å². The van der Waals surface area contributed by atoms with Gasteiger partial charge in [0.05, 0.1) is 6.54 Å². The number of fused-ring (bicyclic) bond motifs is 1. The minimum atomic E-state index is -0.599. The van der Waals surface area contributed by atoms with Crippen molar-refractivity contribution >= 4 is 51.4 Å². The topological polar surface area (TPSA) is 70.6 Å². The molecule has 23 heavy (non-hydrogen) atoms. The smallest absolute Gasteiger partial charge is 0.188 e. The van der Waals surface area contributed by atoms with Crippen LogP contribution in [0.15, 0.2) is 35.3 Å². The van der Waals surface area contributed by atoms with Crippen LogP contribution < -0.4 is 11.1 Å². The average Bonchev–Trinajstić information content (AvgIpc) is 2.96. The Bertz CT molecular complexity index is 582. The number of benzene rings is 1. The van der Waals surface area contributed by atoms with E-state index in [2.05, 4.69) is 29.4 Å². The van der Waals surface area contributed by atoms with E-state index in [9.17, 15) is 5.11 Å². The molecule has 0 spiro atoms. The quantitative estimate of drug-likeness (QED) is 0.248. The highest BCUT2D eigenvalue weighted by molar-refractivity contribution is 14.0. The van der Waals surface area contributed by atoms with Gasteiger partial charge in [-0.3, -0.25) is 4.99 Å². The summed E-state index contributed by atoms with van der Waals surface area (Å²) in [6.07, 6.45) is 4.19. The fourth-order valence-electron chi connectivity index (χ4n) is 2.27. The number of thiophene rings is 1. The van der Waals surface area contributed by atoms with Crippen LogP contribution in [0.4, 0.5) is 0 Å². The van der Waals surface area contributed by atoms with Crippen molar-refractivity contribution in [2.24, 2.45) is 10.7 Å². The van der Waals surface area contributed by atoms with Gasteiger partial charge < -0.3 is 16.2 Å². The van der Waals surface area contributed by atoms with E-state index in [4.69, 9.17) is 5.73 Å². The second-order valence-corrected chi connectivity index (χ2v) is 6.53. The fraction of sp³-hybridized carbons (Fsp3) is 0.471. The molecule has 0 saturated heterocycles. The number of hydrogen-bond acceptors (Lipinski definition) is 3. The number of aliphatic hydroxyl groups is 1. The summed E-state index contributed by atoms with van der Waals surface area (Å²) in [5, 5.41) is 14.5. The summed E-state index contributed by atoms with van der Waals surface area (Å²) in [5.74, 6) is 0.414. The maximum absolute atomic E-state index is 10.2. The van der Waals surface area contributed by atoms with E-state index in [1.165, 1.54) is 24.0 Å². The van der Waals surface area contributed by atoms with Crippen LogP contribution in [0, 0.1) is 0 Å². The molecule has 0 fully saturated rings. The molecule has 0 saturated carbocycles. The third-order valence-electron chi connectivity index (χ3n) is 3.54. The van der Waals surface area contributed by atoms with Crippen molar-refractivity contribution in [3.63, 3.8) is 0 Å². The molecule has 4 nitrogen and oxygen atoms in total. The van der Waals surface area contributed by atoms with Crippen LogP contribution in [0.3, 0.4) is 0 Å². The molecule has 0 amide bonds. The summed E-state index contributed by atoms with van der Waals surface area (Å²) in [6.45, 7) is 3.33. The Kier molecular flexibility index (Phi) is 9.50. The van der Waals surface area contributed by atoms with Gasteiger partial charge in [0, 0.05) is 16.1 Å². The lowest BCUT2D eigenvalue weighted by Gasteiger charge is -2.08. The zero-order valence-electron chi connectivity index (χ0n) is 13.5. The highest BCUT2D eigenvalue weighted by Gasteiger charge is 2.10. The number of nitrogens with two attached hydrogens (primary N) is 1. The number of hydrogen-bond donors (Lipinski definition) is 3. The average molecular weight is 447 g/mol. The molecule has 128 valence electrons. The molecule has 0 aliphatic rings. The number of aliphatic imine (C=N–C) groups is 1. The molecule has 0 radical (unpaired) electrons. The van der Waals surface area contributed by atoms with Crippen molar-refractivity contribution in [2.75, 3.05) is 13.1 Å². The first-order valence-electron chi connectivity index (χ1n) is 7.91. The van der Waals surface area contributed by atoms with Crippen LogP contribution in [0.25, 0.3) is 10.1 Å². The maximum atomic E-state index is 10.2. The van der Waals surface area contributed by atoms with Crippen molar-refractivity contribution in [1.29, 1.82) is 0 Å². The van der Waals surface area contributed by atoms with Gasteiger partial charge in [-0.2, -0.15) is 0 Å². The molecule has 2 rings (SSSR count). The number of nitrogens with zero attached hydrogens (tertiary/aromatic N) is 1. The Morgan fingerprint density at radius 1 is 1.30 bits per heavy atom. The largest absolute Gasteiger partial charge is 0.386 e. The molecule has 1 unspecified atom stereocenters. The number of aliphatic hydroxyl groups excluding tert-OH is 1. The number of nitrogens with one attached hydrogen (secondary N) is 1. The monoisotopic (exact) mass is 447 g/mol. The predicted molar refractivity (Wildman–Crippen MR) is 111 cm³/mol. The van der Waals surface area contributed by atoms with Crippen LogP contribution >= 0.6 is 35.3 Å². The van der Waals surface area contributed by atoms with Crippen molar-refractivity contribution in [2.45, 2.75) is 38.7 Å². The minimum Gasteiger partial charge on any atom is -0.386 e. The summed E-state index contributed by atoms with van der Waals surface area (Å²) in [5.41, 5.74) is 5.82. The Morgan fingerprint density at radius 2 is 2.09 bits per heavy atom. The molecular weight excluding hydrogens is 421 g/mol. The lowest BCUT2D eigenvalue weighted by atomic mass is 10.2. The van der Waals surface area contributed by atoms with Crippen molar-refractivity contribution in [3.05, 3.63) is 35.2 Å². The molecule has 0 aliphatic carbocycles. The van der Waals surface area contributed by atoms with Gasteiger partial charge in [0.1, 0.15) is 6.10 Å². The summed E-state index contributed by atoms with van der Waals surface area (Å²) in [4.78, 5) is 5.16. The highest BCUT2D eigenvalue weighted by atomic mass is 127. The van der Waals surface area contributed by atoms with E-state index < -0.39 is 6.10 Å². The van der Waals surface area contributed by atoms with Gasteiger partial charge in [-0.15, -0.1) is 35.3 Å². The van der Waals surface area contributed by atoms with Crippen LogP contribution in [0.2, 0.25) is 0 Å². The Hall–Kier alpha value is -0.860. The second-order valence-electron chi connectivity index (χ2n) is 5.42. The van der Waals surface area contributed by atoms with E-state index in [0.717, 1.165) is 23.2 Å². The maximum Gasteiger partial charge on any atom is 0.188 e. The van der Waals surface area contributed by atoms with Gasteiger partial charge >= 0.3 is 0 Å². The molecule has 6 heteroatoms. The molecule has 0 bridgehead atoms. The summed E-state index contributed by atoms with van der Waals surface area (Å²) in [7, 11) is 0. The first-order chi connectivity index (χ1) is 10.7. The number of unbranched alkanes of at least 4 members (excludes halogenated alkanes) is 3. The summed E-state index contributed by atoms with van der Waals surface area (Å²) in [6, 6.07) is 10.1. The van der Waals surface area contributed by atoms with Crippen LogP contribution in [-0.2, 0) is 0 Å². The number of guanidine groups is 1. The van der Waals surface area contributed by atoms with E-state index in [1.807, 2.05) is 18.2 Å². The molecule has 1 aromatic carbocycles. The Morgan fingerprint density at radius 3 is 2.83 bits per heavy atom. The zero-order valence-corrected chi connectivity index (χ0v) is 16.6. The molecule has 1 atom stereocenters. The molecule has 2 aromatic rings. The standard InChI is InChI=1S/C17H25N3OS.HI/c1-2-3-4-7-10-19-17(18)20-12-14(21)16-11-13-8-5-6-9-15(13)22-16;/h5-6,8-9,11,14,21H,2-4,7,10,12H2,1H3,(H3,18,19,20);1H. The van der Waals surface area contributed by atoms with Crippen LogP contribution in [0.1, 0.15) is 43.6 Å². The number of halogens is 1. The van der Waals surface area contributed by atoms with E-state index in [-0.39, 0.29) is 24.0 Å². The van der Waals surface area contributed by atoms with E-state index in [0.29, 0.717) is 12.5 Å². The van der Waals surface area contributed by atoms with Crippen molar-refractivity contribution in [3.8, 4) is 0 Å². The first-order valence-corrected chi connectivity index (χ1v) is 8.72. The zero-order chi connectivity index (χ0) is 15.8. The van der Waals surface area contributed by atoms with Crippen molar-refractivity contribution in [1.82, 2.24) is 5.32 Å². The van der Waals surface area contributed by atoms with E-state index >= 15 is 0 Å². The summed E-state index contributed by atoms with van der Waals surface area (Å²) >= 11 is 1.60. The molecule has 1 aromatic heterocycles. The van der Waals surface area contributed by atoms with Gasteiger partial charge in [-0.1, -0.05) is 44.4 Å². The minimum absolute atomic E-state index is 0. The molecule has 0 aliphatic heterocycles. The SMILES string of the molecule is CCCCCCNC(N)=NCC(O)c1cc2ccccc2s1.I. The van der Waals surface area contributed by atoms with Gasteiger partial charge in [-0.25, -0.2) is 0 Å². The van der Waals surface area contributed by atoms with Gasteiger partial charge in [0.25, 0.3) is 0 Å². The lowest BCUT2D eigenvalue weighted by Crippen LogP contribution is -2.32. The van der Waals surface area contributed by atoms with Gasteiger partial charge in [0.2, 0.25) is 0 Å². The Balaban J connectivity index is 0.00000264. The van der Waals surface area contributed by atoms with Crippen LogP contribution in [-0.4, -0.2) is 24.2 Å². The first kappa shape index (κ1) is 20.2.